The third kappa shape index (κ3) is 6.68. The molecule has 0 saturated heterocycles. The number of rotatable bonds is 7. The van der Waals surface area contributed by atoms with Crippen LogP contribution in [0.15, 0.2) is 0 Å². The van der Waals surface area contributed by atoms with Crippen LogP contribution in [0.1, 0.15) is 0 Å². The van der Waals surface area contributed by atoms with Crippen LogP contribution in [-0.4, -0.2) is 26.4 Å². The Kier molecular flexibility index (Phi) is 13.7. The first-order valence-electron chi connectivity index (χ1n) is 3.97. The van der Waals surface area contributed by atoms with Gasteiger partial charge in [0, 0.05) is 0 Å². The monoisotopic (exact) mass is 774 g/mol. The predicted octanol–water partition coefficient (Wildman–Crippen LogP) is 2.72. The van der Waals surface area contributed by atoms with Crippen LogP contribution in [0.4, 0.5) is 0 Å². The van der Waals surface area contributed by atoms with Crippen LogP contribution < -0.4 is 0 Å². The molecule has 0 fully saturated rings. The minimum absolute atomic E-state index is 0.420. The molecule has 0 spiro atoms. The van der Waals surface area contributed by atoms with E-state index in [1.807, 2.05) is 14.2 Å². The zero-order chi connectivity index (χ0) is 9.40. The van der Waals surface area contributed by atoms with Crippen molar-refractivity contribution in [3.05, 3.63) is 0 Å². The molecule has 2 unspecified atom stereocenters. The second kappa shape index (κ2) is 10.8. The summed E-state index contributed by atoms with van der Waals surface area (Å²) in [5, 5.41) is 0. The van der Waals surface area contributed by atoms with Crippen molar-refractivity contribution in [1.29, 1.82) is 0 Å². The van der Waals surface area contributed by atoms with E-state index in [2.05, 4.69) is 35.3 Å². The van der Waals surface area contributed by atoms with Crippen molar-refractivity contribution in [3.8, 4) is 0 Å². The third-order valence-electron chi connectivity index (χ3n) is 1.81. The van der Waals surface area contributed by atoms with Crippen LogP contribution in [0.5, 0.6) is 0 Å². The molecular weight excluding hydrogens is 759 g/mol. The van der Waals surface area contributed by atoms with Gasteiger partial charge in [-0.05, 0) is 0 Å². The molecule has 0 aliphatic rings. The molecule has 2 nitrogen and oxygen atoms in total. The molecule has 0 aliphatic carbocycles. The summed E-state index contributed by atoms with van der Waals surface area (Å²) in [5.41, 5.74) is 0. The van der Waals surface area contributed by atoms with Gasteiger partial charge in [0.15, 0.2) is 0 Å². The summed E-state index contributed by atoms with van der Waals surface area (Å²) < 4.78 is 13.6. The molecule has 0 amide bonds. The quantitative estimate of drug-likeness (QED) is 0.293. The van der Waals surface area contributed by atoms with Crippen molar-refractivity contribution in [1.82, 2.24) is 0 Å². The van der Waals surface area contributed by atoms with Gasteiger partial charge in [0.05, 0.1) is 0 Å². The van der Waals surface area contributed by atoms with Crippen LogP contribution in [0.25, 0.3) is 0 Å². The number of hydrogen-bond donors (Lipinski definition) is 0. The standard InChI is InChI=1S/C6H12O2.2Hg.2HI/c1-5(7-3)6(2)8-4;;;;/h5-6H,1-2H2,3-4H3;;;2*1H/q;2*+1;;/p-2. The SMILES string of the molecule is COC([CH2][Hg][I])C([CH2][Hg][I])OC. The number of hydrogen-bond acceptors (Lipinski definition) is 2. The molecule has 0 aromatic carbocycles. The van der Waals surface area contributed by atoms with E-state index in [1.165, 1.54) is 7.86 Å². The van der Waals surface area contributed by atoms with Crippen LogP contribution in [0.2, 0.25) is 7.86 Å². The van der Waals surface area contributed by atoms with E-state index in [4.69, 9.17) is 9.47 Å². The first kappa shape index (κ1) is 15.3. The molecule has 6 heteroatoms. The summed E-state index contributed by atoms with van der Waals surface area (Å²) in [6, 6.07) is 0. The Morgan fingerprint density at radius 2 is 1.33 bits per heavy atom. The van der Waals surface area contributed by atoms with Gasteiger partial charge in [-0.3, -0.25) is 0 Å². The summed E-state index contributed by atoms with van der Waals surface area (Å²) in [6.07, 6.45) is 0.840. The first-order chi connectivity index (χ1) is 5.79. The van der Waals surface area contributed by atoms with Gasteiger partial charge < -0.3 is 0 Å². The van der Waals surface area contributed by atoms with Gasteiger partial charge in [-0.25, -0.2) is 0 Å². The summed E-state index contributed by atoms with van der Waals surface area (Å²) in [7, 11) is 3.64. The molecule has 0 aromatic heterocycles. The van der Waals surface area contributed by atoms with Gasteiger partial charge in [-0.15, -0.1) is 0 Å². The van der Waals surface area contributed by atoms with E-state index in [0.29, 0.717) is 12.2 Å². The van der Waals surface area contributed by atoms with E-state index < -0.39 is 40.5 Å². The molecule has 0 rings (SSSR count). The van der Waals surface area contributed by atoms with E-state index >= 15 is 0 Å². The molecule has 0 heterocycles. The van der Waals surface area contributed by atoms with Gasteiger partial charge in [-0.2, -0.15) is 0 Å². The summed E-state index contributed by atoms with van der Waals surface area (Å²) in [5.74, 6) is 0. The number of ether oxygens (including phenoxy) is 2. The summed E-state index contributed by atoms with van der Waals surface area (Å²) >= 11 is 4.07. The van der Waals surface area contributed by atoms with Crippen LogP contribution in [-0.2, 0) is 50.0 Å². The Morgan fingerprint density at radius 1 is 1.00 bits per heavy atom. The van der Waals surface area contributed by atoms with Crippen molar-refractivity contribution in [2.24, 2.45) is 0 Å². The average Bonchev–Trinajstić information content (AvgIpc) is 2.11. The van der Waals surface area contributed by atoms with Crippen LogP contribution in [0.3, 0.4) is 0 Å². The first-order valence-corrected chi connectivity index (χ1v) is 42.7. The fraction of sp³-hybridized carbons (Fsp3) is 1.00. The number of methoxy groups -OCH3 is 2. The van der Waals surface area contributed by atoms with Gasteiger partial charge >= 0.3 is 120 Å². The van der Waals surface area contributed by atoms with Crippen molar-refractivity contribution in [2.45, 2.75) is 20.1 Å². The molecule has 0 bridgehead atoms. The third-order valence-corrected chi connectivity index (χ3v) is 18.9. The van der Waals surface area contributed by atoms with Gasteiger partial charge in [0.1, 0.15) is 0 Å². The summed E-state index contributed by atoms with van der Waals surface area (Å²) in [4.78, 5) is 0. The Labute approximate surface area is 117 Å². The Morgan fingerprint density at radius 3 is 1.50 bits per heavy atom. The van der Waals surface area contributed by atoms with Crippen LogP contribution >= 0.6 is 35.3 Å². The van der Waals surface area contributed by atoms with E-state index in [9.17, 15) is 0 Å². The molecule has 2 atom stereocenters. The molecule has 0 N–H and O–H groups in total. The second-order valence-corrected chi connectivity index (χ2v) is 28.9. The molecule has 66 valence electrons. The predicted molar refractivity (Wildman–Crippen MR) is 59.2 cm³/mol. The van der Waals surface area contributed by atoms with E-state index in [1.54, 1.807) is 0 Å². The Balaban J connectivity index is 3.84. The van der Waals surface area contributed by atoms with Gasteiger partial charge in [0.2, 0.25) is 0 Å². The van der Waals surface area contributed by atoms with E-state index in [0.717, 1.165) is 0 Å². The molecule has 0 aliphatic heterocycles. The number of halogens is 2. The zero-order valence-corrected chi connectivity index (χ0v) is 22.9. The van der Waals surface area contributed by atoms with Crippen molar-refractivity contribution < 1.29 is 50.0 Å². The van der Waals surface area contributed by atoms with E-state index in [-0.39, 0.29) is 0 Å². The van der Waals surface area contributed by atoms with Crippen molar-refractivity contribution in [3.63, 3.8) is 0 Å². The van der Waals surface area contributed by atoms with Gasteiger partial charge in [-0.1, -0.05) is 0 Å². The minimum atomic E-state index is -0.570. The molecule has 0 saturated carbocycles. The molecule has 0 radical (unpaired) electrons. The summed E-state index contributed by atoms with van der Waals surface area (Å²) in [6.45, 7) is 0. The van der Waals surface area contributed by atoms with Gasteiger partial charge in [0.25, 0.3) is 0 Å². The molecule has 12 heavy (non-hydrogen) atoms. The second-order valence-electron chi connectivity index (χ2n) is 2.50. The Bertz CT molecular complexity index is 95.5. The maximum absolute atomic E-state index is 5.45. The fourth-order valence-corrected chi connectivity index (χ4v) is 18.3. The fourth-order valence-electron chi connectivity index (χ4n) is 1.13. The molecular formula is C6H12Hg2I2O2. The van der Waals surface area contributed by atoms with Crippen molar-refractivity contribution >= 4 is 35.3 Å². The average molecular weight is 771 g/mol. The van der Waals surface area contributed by atoms with Crippen molar-refractivity contribution in [2.75, 3.05) is 14.2 Å². The van der Waals surface area contributed by atoms with Crippen LogP contribution in [0, 0.1) is 0 Å². The maximum atomic E-state index is 5.45. The Hall–Kier alpha value is 3.25. The normalized spacial score (nSPS) is 14.7. The topological polar surface area (TPSA) is 18.5 Å². The molecule has 0 aromatic rings. The zero-order valence-electron chi connectivity index (χ0n) is 7.56.